The summed E-state index contributed by atoms with van der Waals surface area (Å²) in [6, 6.07) is 9.99. The molecule has 0 saturated carbocycles. The van der Waals surface area contributed by atoms with E-state index < -0.39 is 29.2 Å². The molecule has 0 heterocycles. The van der Waals surface area contributed by atoms with E-state index in [-0.39, 0.29) is 5.69 Å². The van der Waals surface area contributed by atoms with E-state index in [4.69, 9.17) is 11.6 Å². The lowest BCUT2D eigenvalue weighted by Gasteiger charge is -2.28. The summed E-state index contributed by atoms with van der Waals surface area (Å²) >= 11 is 5.73. The fourth-order valence-corrected chi connectivity index (χ4v) is 2.27. The third-order valence-corrected chi connectivity index (χ3v) is 3.81. The minimum Gasteiger partial charge on any atom is -0.466 e. The predicted molar refractivity (Wildman–Crippen MR) is 87.8 cm³/mol. The second-order valence-corrected chi connectivity index (χ2v) is 5.67. The van der Waals surface area contributed by atoms with Gasteiger partial charge in [-0.15, -0.1) is 0 Å². The molecule has 0 radical (unpaired) electrons. The smallest absolute Gasteiger partial charge is 0.432 e. The first-order chi connectivity index (χ1) is 12.1. The van der Waals surface area contributed by atoms with Crippen LogP contribution in [-0.2, 0) is 15.1 Å². The maximum atomic E-state index is 13.2. The van der Waals surface area contributed by atoms with E-state index in [9.17, 15) is 27.9 Å². The Bertz CT molecular complexity index is 806. The molecule has 9 heteroatoms. The molecule has 0 saturated heterocycles. The lowest BCUT2D eigenvalue weighted by molar-refractivity contribution is -0.266. The normalized spacial score (nSPS) is 13.6. The van der Waals surface area contributed by atoms with Crippen LogP contribution in [0.3, 0.4) is 0 Å². The van der Waals surface area contributed by atoms with Crippen molar-refractivity contribution < 1.29 is 32.6 Å². The molecular formula is C17H13ClF3NO4. The van der Waals surface area contributed by atoms with Crippen molar-refractivity contribution in [1.82, 2.24) is 0 Å². The molecule has 1 atom stereocenters. The number of alkyl halides is 3. The van der Waals surface area contributed by atoms with E-state index in [1.165, 1.54) is 24.3 Å². The van der Waals surface area contributed by atoms with Gasteiger partial charge in [0, 0.05) is 21.8 Å². The number of esters is 1. The summed E-state index contributed by atoms with van der Waals surface area (Å²) < 4.78 is 43.6. The number of hydrogen-bond acceptors (Lipinski definition) is 4. The maximum absolute atomic E-state index is 13.2. The molecule has 0 aliphatic carbocycles. The highest BCUT2D eigenvalue weighted by molar-refractivity contribution is 6.30. The van der Waals surface area contributed by atoms with Crippen LogP contribution in [0.1, 0.15) is 15.9 Å². The third-order valence-electron chi connectivity index (χ3n) is 3.56. The number of hydrogen-bond donors (Lipinski definition) is 2. The zero-order valence-corrected chi connectivity index (χ0v) is 14.1. The Morgan fingerprint density at radius 3 is 2.04 bits per heavy atom. The summed E-state index contributed by atoms with van der Waals surface area (Å²) in [5, 5.41) is 12.8. The van der Waals surface area contributed by atoms with Crippen molar-refractivity contribution in [1.29, 1.82) is 0 Å². The number of aliphatic hydroxyl groups is 1. The molecule has 2 rings (SSSR count). The summed E-state index contributed by atoms with van der Waals surface area (Å²) in [5.41, 5.74) is -4.08. The average molecular weight is 388 g/mol. The van der Waals surface area contributed by atoms with Crippen LogP contribution in [0.25, 0.3) is 0 Å². The Morgan fingerprint density at radius 1 is 1.04 bits per heavy atom. The molecule has 5 nitrogen and oxygen atoms in total. The fourth-order valence-electron chi connectivity index (χ4n) is 2.14. The van der Waals surface area contributed by atoms with E-state index in [0.717, 1.165) is 31.4 Å². The van der Waals surface area contributed by atoms with Gasteiger partial charge < -0.3 is 15.2 Å². The van der Waals surface area contributed by atoms with Crippen LogP contribution in [0.4, 0.5) is 18.9 Å². The second-order valence-electron chi connectivity index (χ2n) is 5.24. The zero-order chi connectivity index (χ0) is 19.5. The third kappa shape index (κ3) is 3.81. The number of halogens is 4. The summed E-state index contributed by atoms with van der Waals surface area (Å²) in [7, 11) is 0.736. The van der Waals surface area contributed by atoms with Gasteiger partial charge in [-0.25, -0.2) is 4.79 Å². The predicted octanol–water partition coefficient (Wildman–Crippen LogP) is 3.52. The molecule has 1 unspecified atom stereocenters. The summed E-state index contributed by atoms with van der Waals surface area (Å²) in [5.74, 6) is -2.36. The van der Waals surface area contributed by atoms with Gasteiger partial charge in [0.25, 0.3) is 11.5 Å². The Balaban J connectivity index is 2.25. The standard InChI is InChI=1S/C17H13ClF3NO4/c1-26-15(24)16(25,17(19,20)21)11-4-8-13(9-5-11)22-14(23)10-2-6-12(18)7-3-10/h2-9,25H,1H3,(H,22,23). The van der Waals surface area contributed by atoms with Crippen molar-refractivity contribution in [3.05, 3.63) is 64.7 Å². The van der Waals surface area contributed by atoms with Gasteiger partial charge in [0.05, 0.1) is 7.11 Å². The molecule has 0 spiro atoms. The van der Waals surface area contributed by atoms with Gasteiger partial charge in [-0.1, -0.05) is 23.7 Å². The first-order valence-corrected chi connectivity index (χ1v) is 7.52. The Hall–Kier alpha value is -2.58. The van der Waals surface area contributed by atoms with E-state index in [2.05, 4.69) is 10.1 Å². The molecule has 0 aliphatic rings. The average Bonchev–Trinajstić information content (AvgIpc) is 2.60. The number of nitrogens with one attached hydrogen (secondary N) is 1. The quantitative estimate of drug-likeness (QED) is 0.787. The largest absolute Gasteiger partial charge is 0.466 e. The number of anilines is 1. The maximum Gasteiger partial charge on any atom is 0.432 e. The van der Waals surface area contributed by atoms with Gasteiger partial charge in [0.15, 0.2) is 0 Å². The van der Waals surface area contributed by atoms with Crippen molar-refractivity contribution in [2.75, 3.05) is 12.4 Å². The van der Waals surface area contributed by atoms with Gasteiger partial charge in [-0.3, -0.25) is 4.79 Å². The minimum absolute atomic E-state index is 0.170. The van der Waals surface area contributed by atoms with Crippen LogP contribution in [0.15, 0.2) is 48.5 Å². The molecule has 0 aliphatic heterocycles. The first-order valence-electron chi connectivity index (χ1n) is 7.14. The monoisotopic (exact) mass is 387 g/mol. The molecule has 0 bridgehead atoms. The first kappa shape index (κ1) is 19.7. The van der Waals surface area contributed by atoms with Crippen molar-refractivity contribution >= 4 is 29.2 Å². The molecule has 0 fully saturated rings. The number of carbonyl (C=O) groups is 2. The highest BCUT2D eigenvalue weighted by atomic mass is 35.5. The van der Waals surface area contributed by atoms with Gasteiger partial charge in [0.2, 0.25) is 0 Å². The Kier molecular flexibility index (Phi) is 5.58. The fraction of sp³-hybridized carbons (Fsp3) is 0.176. The summed E-state index contributed by atoms with van der Waals surface area (Å²) in [6.07, 6.45) is -5.28. The SMILES string of the molecule is COC(=O)C(O)(c1ccc(NC(=O)c2ccc(Cl)cc2)cc1)C(F)(F)F. The highest BCUT2D eigenvalue weighted by Crippen LogP contribution is 2.40. The van der Waals surface area contributed by atoms with Crippen LogP contribution < -0.4 is 5.32 Å². The van der Waals surface area contributed by atoms with Crippen molar-refractivity contribution in [3.8, 4) is 0 Å². The number of methoxy groups -OCH3 is 1. The minimum atomic E-state index is -5.28. The van der Waals surface area contributed by atoms with Gasteiger partial charge in [-0.2, -0.15) is 13.2 Å². The summed E-state index contributed by atoms with van der Waals surface area (Å²) in [6.45, 7) is 0. The number of ether oxygens (including phenoxy) is 1. The molecule has 26 heavy (non-hydrogen) atoms. The van der Waals surface area contributed by atoms with E-state index in [1.807, 2.05) is 0 Å². The van der Waals surface area contributed by atoms with E-state index in [1.54, 1.807) is 0 Å². The molecular weight excluding hydrogens is 375 g/mol. The lowest BCUT2D eigenvalue weighted by Crippen LogP contribution is -2.49. The number of benzene rings is 2. The molecule has 2 N–H and O–H groups in total. The molecule has 138 valence electrons. The van der Waals surface area contributed by atoms with Crippen molar-refractivity contribution in [2.45, 2.75) is 11.8 Å². The topological polar surface area (TPSA) is 75.6 Å². The molecule has 2 aromatic carbocycles. The molecule has 1 amide bonds. The number of rotatable bonds is 4. The van der Waals surface area contributed by atoms with Crippen LogP contribution in [0.5, 0.6) is 0 Å². The highest BCUT2D eigenvalue weighted by Gasteiger charge is 2.62. The number of carbonyl (C=O) groups excluding carboxylic acids is 2. The van der Waals surface area contributed by atoms with Crippen LogP contribution in [-0.4, -0.2) is 30.3 Å². The van der Waals surface area contributed by atoms with Gasteiger partial charge >= 0.3 is 12.1 Å². The molecule has 2 aromatic rings. The summed E-state index contributed by atoms with van der Waals surface area (Å²) in [4.78, 5) is 23.5. The van der Waals surface area contributed by atoms with Gasteiger partial charge in [0.1, 0.15) is 0 Å². The van der Waals surface area contributed by atoms with E-state index in [0.29, 0.717) is 10.6 Å². The molecule has 0 aromatic heterocycles. The Morgan fingerprint density at radius 2 is 1.58 bits per heavy atom. The van der Waals surface area contributed by atoms with Crippen molar-refractivity contribution in [3.63, 3.8) is 0 Å². The Labute approximate surface area is 151 Å². The van der Waals surface area contributed by atoms with E-state index >= 15 is 0 Å². The lowest BCUT2D eigenvalue weighted by atomic mass is 9.93. The number of amides is 1. The van der Waals surface area contributed by atoms with Crippen molar-refractivity contribution in [2.24, 2.45) is 0 Å². The second kappa shape index (κ2) is 7.35. The zero-order valence-electron chi connectivity index (χ0n) is 13.3. The van der Waals surface area contributed by atoms with Crippen LogP contribution in [0.2, 0.25) is 5.02 Å². The van der Waals surface area contributed by atoms with Crippen LogP contribution >= 0.6 is 11.6 Å². The van der Waals surface area contributed by atoms with Gasteiger partial charge in [-0.05, 0) is 36.4 Å². The van der Waals surface area contributed by atoms with Crippen LogP contribution in [0, 0.1) is 0 Å².